The summed E-state index contributed by atoms with van der Waals surface area (Å²) in [5, 5.41) is 8.58. The predicted molar refractivity (Wildman–Crippen MR) is 61.0 cm³/mol. The molecule has 0 fully saturated rings. The fourth-order valence-electron chi connectivity index (χ4n) is 1.33. The molecular weight excluding hydrogens is 249 g/mol. The van der Waals surface area contributed by atoms with E-state index in [-0.39, 0.29) is 0 Å². The molecule has 0 aliphatic carbocycles. The van der Waals surface area contributed by atoms with E-state index in [0.29, 0.717) is 28.6 Å². The van der Waals surface area contributed by atoms with E-state index in [9.17, 15) is 4.79 Å². The van der Waals surface area contributed by atoms with Crippen molar-refractivity contribution in [3.63, 3.8) is 0 Å². The lowest BCUT2D eigenvalue weighted by atomic mass is 10.2. The normalized spacial score (nSPS) is 10.4. The number of aromatic nitrogens is 3. The summed E-state index contributed by atoms with van der Waals surface area (Å²) in [4.78, 5) is 10.4. The first kappa shape index (κ1) is 11.1. The highest BCUT2D eigenvalue weighted by Gasteiger charge is 2.02. The Morgan fingerprint density at radius 1 is 1.25 bits per heavy atom. The van der Waals surface area contributed by atoms with Gasteiger partial charge in [0.25, 0.3) is 0 Å². The molecule has 0 saturated carbocycles. The first-order chi connectivity index (χ1) is 7.67. The fraction of sp³-hybridized carbons (Fsp3) is 0.100. The number of halogens is 2. The van der Waals surface area contributed by atoms with Crippen molar-refractivity contribution in [2.45, 2.75) is 6.54 Å². The first-order valence-electron chi connectivity index (χ1n) is 4.47. The van der Waals surface area contributed by atoms with Crippen LogP contribution in [0.4, 0.5) is 0 Å². The Bertz CT molecular complexity index is 504. The summed E-state index contributed by atoms with van der Waals surface area (Å²) in [5.41, 5.74) is 1.20. The quantitative estimate of drug-likeness (QED) is 0.792. The second kappa shape index (κ2) is 4.63. The Kier molecular flexibility index (Phi) is 3.22. The maximum absolute atomic E-state index is 10.4. The second-order valence-corrected chi connectivity index (χ2v) is 4.11. The lowest BCUT2D eigenvalue weighted by molar-refractivity contribution is 0.111. The molecule has 0 atom stereocenters. The molecule has 0 aliphatic heterocycles. The topological polar surface area (TPSA) is 47.8 Å². The van der Waals surface area contributed by atoms with Gasteiger partial charge in [0.15, 0.2) is 6.29 Å². The molecule has 0 spiro atoms. The Balaban J connectivity index is 2.22. The molecule has 0 radical (unpaired) electrons. The highest BCUT2D eigenvalue weighted by atomic mass is 35.5. The minimum Gasteiger partial charge on any atom is -0.296 e. The smallest absolute Gasteiger partial charge is 0.171 e. The van der Waals surface area contributed by atoms with E-state index in [1.807, 2.05) is 0 Å². The molecule has 0 N–H and O–H groups in total. The van der Waals surface area contributed by atoms with Crippen molar-refractivity contribution in [2.24, 2.45) is 0 Å². The van der Waals surface area contributed by atoms with Gasteiger partial charge in [-0.2, -0.15) is 0 Å². The largest absolute Gasteiger partial charge is 0.296 e. The molecule has 0 aliphatic rings. The van der Waals surface area contributed by atoms with Gasteiger partial charge in [0.05, 0.1) is 12.7 Å². The van der Waals surface area contributed by atoms with E-state index < -0.39 is 0 Å². The zero-order chi connectivity index (χ0) is 11.5. The van der Waals surface area contributed by atoms with Crippen LogP contribution < -0.4 is 0 Å². The number of aldehydes is 1. The Labute approximate surface area is 102 Å². The average Bonchev–Trinajstić information content (AvgIpc) is 2.64. The summed E-state index contributed by atoms with van der Waals surface area (Å²) < 4.78 is 1.55. The van der Waals surface area contributed by atoms with E-state index >= 15 is 0 Å². The summed E-state index contributed by atoms with van der Waals surface area (Å²) in [7, 11) is 0. The zero-order valence-corrected chi connectivity index (χ0v) is 9.61. The molecule has 82 valence electrons. The van der Waals surface area contributed by atoms with Gasteiger partial charge in [-0.1, -0.05) is 28.4 Å². The van der Waals surface area contributed by atoms with Crippen LogP contribution in [0.15, 0.2) is 24.4 Å². The molecule has 0 unspecified atom stereocenters. The van der Waals surface area contributed by atoms with Crippen LogP contribution in [0.3, 0.4) is 0 Å². The van der Waals surface area contributed by atoms with E-state index in [1.165, 1.54) is 0 Å². The van der Waals surface area contributed by atoms with Gasteiger partial charge in [0, 0.05) is 10.0 Å². The molecule has 1 aromatic carbocycles. The number of carbonyl (C=O) groups is 1. The average molecular weight is 256 g/mol. The Hall–Kier alpha value is -1.39. The number of nitrogens with zero attached hydrogens (tertiary/aromatic N) is 3. The van der Waals surface area contributed by atoms with Gasteiger partial charge in [-0.15, -0.1) is 5.10 Å². The van der Waals surface area contributed by atoms with Crippen LogP contribution in [0.25, 0.3) is 0 Å². The van der Waals surface area contributed by atoms with Crippen LogP contribution in [-0.2, 0) is 6.54 Å². The standard InChI is InChI=1S/C10H7Cl2N3O/c11-8-1-7(2-9(12)3-8)4-15-5-10(6-16)13-14-15/h1-3,5-6H,4H2. The number of rotatable bonds is 3. The van der Waals surface area contributed by atoms with Gasteiger partial charge in [0.2, 0.25) is 0 Å². The molecule has 6 heteroatoms. The molecular formula is C10H7Cl2N3O. The van der Waals surface area contributed by atoms with Crippen LogP contribution >= 0.6 is 23.2 Å². The molecule has 0 amide bonds. The first-order valence-corrected chi connectivity index (χ1v) is 5.23. The second-order valence-electron chi connectivity index (χ2n) is 3.24. The molecule has 16 heavy (non-hydrogen) atoms. The van der Waals surface area contributed by atoms with Crippen molar-refractivity contribution in [2.75, 3.05) is 0 Å². The van der Waals surface area contributed by atoms with E-state index in [0.717, 1.165) is 5.56 Å². The van der Waals surface area contributed by atoms with Gasteiger partial charge in [-0.3, -0.25) is 4.79 Å². The summed E-state index contributed by atoms with van der Waals surface area (Å²) in [5.74, 6) is 0. The van der Waals surface area contributed by atoms with Crippen LogP contribution in [0.5, 0.6) is 0 Å². The summed E-state index contributed by atoms with van der Waals surface area (Å²) in [6.45, 7) is 0.473. The zero-order valence-electron chi connectivity index (χ0n) is 8.10. The highest BCUT2D eigenvalue weighted by molar-refractivity contribution is 6.34. The minimum atomic E-state index is 0.299. The lowest BCUT2D eigenvalue weighted by Crippen LogP contribution is -2.00. The van der Waals surface area contributed by atoms with Crippen LogP contribution in [0.1, 0.15) is 16.1 Å². The molecule has 2 rings (SSSR count). The predicted octanol–water partition coefficient (Wildman–Crippen LogP) is 2.45. The van der Waals surface area contributed by atoms with Crippen molar-refractivity contribution < 1.29 is 4.79 Å². The maximum atomic E-state index is 10.4. The van der Waals surface area contributed by atoms with E-state index in [4.69, 9.17) is 23.2 Å². The molecule has 4 nitrogen and oxygen atoms in total. The van der Waals surface area contributed by atoms with Crippen LogP contribution in [-0.4, -0.2) is 21.3 Å². The van der Waals surface area contributed by atoms with Crippen molar-refractivity contribution >= 4 is 29.5 Å². The third kappa shape index (κ3) is 2.59. The SMILES string of the molecule is O=Cc1cn(Cc2cc(Cl)cc(Cl)c2)nn1. The van der Waals surface area contributed by atoms with E-state index in [1.54, 1.807) is 29.1 Å². The van der Waals surface area contributed by atoms with Gasteiger partial charge < -0.3 is 0 Å². The van der Waals surface area contributed by atoms with Gasteiger partial charge in [-0.25, -0.2) is 4.68 Å². The molecule has 2 aromatic rings. The van der Waals surface area contributed by atoms with Crippen molar-refractivity contribution in [3.8, 4) is 0 Å². The number of hydrogen-bond acceptors (Lipinski definition) is 3. The van der Waals surface area contributed by atoms with Crippen LogP contribution in [0, 0.1) is 0 Å². The fourth-order valence-corrected chi connectivity index (χ4v) is 1.91. The highest BCUT2D eigenvalue weighted by Crippen LogP contribution is 2.19. The molecule has 1 heterocycles. The summed E-state index contributed by atoms with van der Waals surface area (Å²) in [6.07, 6.45) is 2.20. The Morgan fingerprint density at radius 2 is 1.94 bits per heavy atom. The number of carbonyl (C=O) groups excluding carboxylic acids is 1. The Morgan fingerprint density at radius 3 is 2.50 bits per heavy atom. The number of benzene rings is 1. The lowest BCUT2D eigenvalue weighted by Gasteiger charge is -2.02. The molecule has 0 saturated heterocycles. The minimum absolute atomic E-state index is 0.299. The van der Waals surface area contributed by atoms with Crippen LogP contribution in [0.2, 0.25) is 10.0 Å². The van der Waals surface area contributed by atoms with Crippen molar-refractivity contribution in [3.05, 3.63) is 45.7 Å². The monoisotopic (exact) mass is 255 g/mol. The van der Waals surface area contributed by atoms with E-state index in [2.05, 4.69) is 10.3 Å². The maximum Gasteiger partial charge on any atom is 0.171 e. The third-order valence-corrected chi connectivity index (χ3v) is 2.38. The summed E-state index contributed by atoms with van der Waals surface area (Å²) >= 11 is 11.7. The van der Waals surface area contributed by atoms with Crippen molar-refractivity contribution in [1.82, 2.24) is 15.0 Å². The van der Waals surface area contributed by atoms with Crippen molar-refractivity contribution in [1.29, 1.82) is 0 Å². The number of hydrogen-bond donors (Lipinski definition) is 0. The molecule has 1 aromatic heterocycles. The summed E-state index contributed by atoms with van der Waals surface area (Å²) in [6, 6.07) is 5.23. The van der Waals surface area contributed by atoms with Gasteiger partial charge >= 0.3 is 0 Å². The molecule has 0 bridgehead atoms. The van der Waals surface area contributed by atoms with Gasteiger partial charge in [-0.05, 0) is 23.8 Å². The van der Waals surface area contributed by atoms with Gasteiger partial charge in [0.1, 0.15) is 5.69 Å². The third-order valence-electron chi connectivity index (χ3n) is 1.94.